The average molecular weight is 274 g/mol. The Hall–Kier alpha value is -2.04. The predicted octanol–water partition coefficient (Wildman–Crippen LogP) is 3.37. The molecule has 1 aliphatic heterocycles. The monoisotopic (exact) mass is 274 g/mol. The first kappa shape index (κ1) is 13.0. The van der Waals surface area contributed by atoms with E-state index >= 15 is 0 Å². The third-order valence-corrected chi connectivity index (χ3v) is 3.70. The number of likely N-dealkylation sites (tertiary alicyclic amines) is 1. The van der Waals surface area contributed by atoms with E-state index in [1.807, 2.05) is 11.0 Å². The number of rotatable bonds is 3. The highest BCUT2D eigenvalue weighted by Crippen LogP contribution is 2.33. The Morgan fingerprint density at radius 2 is 2.35 bits per heavy atom. The fourth-order valence-corrected chi connectivity index (χ4v) is 2.59. The maximum atomic E-state index is 12.4. The minimum Gasteiger partial charge on any atom is -0.459 e. The molecule has 3 heterocycles. The molecule has 1 fully saturated rings. The second-order valence-corrected chi connectivity index (χ2v) is 5.44. The van der Waals surface area contributed by atoms with Crippen LogP contribution in [-0.4, -0.2) is 22.5 Å². The topological polar surface area (TPSA) is 59.5 Å². The lowest BCUT2D eigenvalue weighted by Gasteiger charge is -2.21. The second-order valence-electron chi connectivity index (χ2n) is 5.44. The number of furan rings is 1. The van der Waals surface area contributed by atoms with Crippen LogP contribution in [0.15, 0.2) is 33.4 Å². The molecule has 2 aromatic heterocycles. The zero-order chi connectivity index (χ0) is 14.1. The van der Waals surface area contributed by atoms with Gasteiger partial charge in [-0.15, -0.1) is 0 Å². The quantitative estimate of drug-likeness (QED) is 0.861. The average Bonchev–Trinajstić information content (AvgIpc) is 3.17. The molecule has 106 valence electrons. The zero-order valence-electron chi connectivity index (χ0n) is 11.7. The SMILES string of the molecule is CC(C)c1cc([C@@H]2CCCN2C(=O)c2ccco2)no1. The maximum Gasteiger partial charge on any atom is 0.290 e. The lowest BCUT2D eigenvalue weighted by molar-refractivity contribution is 0.0698. The minimum atomic E-state index is -0.0772. The number of nitrogens with zero attached hydrogens (tertiary/aromatic N) is 2. The zero-order valence-corrected chi connectivity index (χ0v) is 11.7. The summed E-state index contributed by atoms with van der Waals surface area (Å²) in [7, 11) is 0. The number of carbonyl (C=O) groups excluding carboxylic acids is 1. The molecule has 0 N–H and O–H groups in total. The van der Waals surface area contributed by atoms with Gasteiger partial charge in [-0.25, -0.2) is 0 Å². The number of aromatic nitrogens is 1. The van der Waals surface area contributed by atoms with Gasteiger partial charge >= 0.3 is 0 Å². The van der Waals surface area contributed by atoms with Crippen LogP contribution in [0.1, 0.15) is 60.7 Å². The van der Waals surface area contributed by atoms with E-state index in [9.17, 15) is 4.79 Å². The fourth-order valence-electron chi connectivity index (χ4n) is 2.59. The Bertz CT molecular complexity index is 586. The van der Waals surface area contributed by atoms with Crippen molar-refractivity contribution in [2.75, 3.05) is 6.54 Å². The van der Waals surface area contributed by atoms with E-state index < -0.39 is 0 Å². The highest BCUT2D eigenvalue weighted by Gasteiger charge is 2.33. The van der Waals surface area contributed by atoms with Gasteiger partial charge in [0, 0.05) is 18.5 Å². The summed E-state index contributed by atoms with van der Waals surface area (Å²) in [6.45, 7) is 4.85. The van der Waals surface area contributed by atoms with Crippen LogP contribution in [-0.2, 0) is 0 Å². The number of hydrogen-bond acceptors (Lipinski definition) is 4. The van der Waals surface area contributed by atoms with Gasteiger partial charge in [-0.2, -0.15) is 0 Å². The van der Waals surface area contributed by atoms with Crippen LogP contribution in [0.3, 0.4) is 0 Å². The summed E-state index contributed by atoms with van der Waals surface area (Å²) in [6, 6.07) is 5.37. The Kier molecular flexibility index (Phi) is 3.34. The van der Waals surface area contributed by atoms with Crippen LogP contribution in [0.2, 0.25) is 0 Å². The van der Waals surface area contributed by atoms with E-state index in [1.54, 1.807) is 12.1 Å². The first-order valence-electron chi connectivity index (χ1n) is 6.98. The summed E-state index contributed by atoms with van der Waals surface area (Å²) in [6.07, 6.45) is 3.41. The van der Waals surface area contributed by atoms with Gasteiger partial charge in [-0.05, 0) is 25.0 Å². The molecule has 0 unspecified atom stereocenters. The summed E-state index contributed by atoms with van der Waals surface area (Å²) < 4.78 is 10.5. The molecular formula is C15H18N2O3. The molecule has 1 aliphatic rings. The van der Waals surface area contributed by atoms with Crippen LogP contribution >= 0.6 is 0 Å². The Morgan fingerprint density at radius 3 is 3.00 bits per heavy atom. The molecule has 0 saturated carbocycles. The summed E-state index contributed by atoms with van der Waals surface area (Å²) in [5.41, 5.74) is 0.839. The molecule has 1 amide bonds. The van der Waals surface area contributed by atoms with Crippen LogP contribution in [0.25, 0.3) is 0 Å². The van der Waals surface area contributed by atoms with Crippen molar-refractivity contribution < 1.29 is 13.7 Å². The van der Waals surface area contributed by atoms with Gasteiger partial charge in [0.15, 0.2) is 5.76 Å². The van der Waals surface area contributed by atoms with Crippen LogP contribution in [0, 0.1) is 0 Å². The third kappa shape index (κ3) is 2.24. The number of hydrogen-bond donors (Lipinski definition) is 0. The van der Waals surface area contributed by atoms with E-state index in [0.717, 1.165) is 30.8 Å². The van der Waals surface area contributed by atoms with E-state index in [-0.39, 0.29) is 11.9 Å². The van der Waals surface area contributed by atoms with Crippen LogP contribution < -0.4 is 0 Å². The summed E-state index contributed by atoms with van der Waals surface area (Å²) in [5.74, 6) is 1.46. The van der Waals surface area contributed by atoms with E-state index in [1.165, 1.54) is 6.26 Å². The van der Waals surface area contributed by atoms with Crippen molar-refractivity contribution in [3.05, 3.63) is 41.7 Å². The normalized spacial score (nSPS) is 18.9. The van der Waals surface area contributed by atoms with E-state index in [2.05, 4.69) is 19.0 Å². The Labute approximate surface area is 117 Å². The molecule has 0 radical (unpaired) electrons. The summed E-state index contributed by atoms with van der Waals surface area (Å²) in [4.78, 5) is 14.2. The molecule has 0 aromatic carbocycles. The van der Waals surface area contributed by atoms with E-state index in [4.69, 9.17) is 8.94 Å². The molecule has 20 heavy (non-hydrogen) atoms. The standard InChI is InChI=1S/C15H18N2O3/c1-10(2)14-9-11(16-20-14)12-5-3-7-17(12)15(18)13-6-4-8-19-13/h4,6,8-10,12H,3,5,7H2,1-2H3/t12-/m0/s1. The fraction of sp³-hybridized carbons (Fsp3) is 0.467. The van der Waals surface area contributed by atoms with Crippen molar-refractivity contribution in [1.29, 1.82) is 0 Å². The molecule has 3 rings (SSSR count). The molecule has 1 atom stereocenters. The van der Waals surface area contributed by atoms with Crippen molar-refractivity contribution >= 4 is 5.91 Å². The maximum absolute atomic E-state index is 12.4. The Morgan fingerprint density at radius 1 is 1.50 bits per heavy atom. The van der Waals surface area contributed by atoms with Gasteiger partial charge in [-0.1, -0.05) is 19.0 Å². The van der Waals surface area contributed by atoms with Crippen molar-refractivity contribution in [2.24, 2.45) is 0 Å². The molecule has 0 spiro atoms. The summed E-state index contributed by atoms with van der Waals surface area (Å²) >= 11 is 0. The van der Waals surface area contributed by atoms with Gasteiger partial charge in [-0.3, -0.25) is 4.79 Å². The lowest BCUT2D eigenvalue weighted by atomic mass is 10.1. The second kappa shape index (κ2) is 5.15. The van der Waals surface area contributed by atoms with Gasteiger partial charge in [0.2, 0.25) is 0 Å². The molecule has 5 nitrogen and oxygen atoms in total. The van der Waals surface area contributed by atoms with Crippen molar-refractivity contribution in [3.63, 3.8) is 0 Å². The first-order valence-corrected chi connectivity index (χ1v) is 6.98. The van der Waals surface area contributed by atoms with Crippen LogP contribution in [0.4, 0.5) is 0 Å². The van der Waals surface area contributed by atoms with Crippen molar-refractivity contribution in [2.45, 2.75) is 38.6 Å². The van der Waals surface area contributed by atoms with E-state index in [0.29, 0.717) is 11.7 Å². The van der Waals surface area contributed by atoms with Gasteiger partial charge in [0.05, 0.1) is 12.3 Å². The lowest BCUT2D eigenvalue weighted by Crippen LogP contribution is -2.30. The summed E-state index contributed by atoms with van der Waals surface area (Å²) in [5, 5.41) is 4.13. The molecule has 0 aliphatic carbocycles. The molecular weight excluding hydrogens is 256 g/mol. The molecule has 0 bridgehead atoms. The predicted molar refractivity (Wildman–Crippen MR) is 72.3 cm³/mol. The number of amides is 1. The Balaban J connectivity index is 1.83. The molecule has 1 saturated heterocycles. The highest BCUT2D eigenvalue weighted by molar-refractivity contribution is 5.91. The van der Waals surface area contributed by atoms with Gasteiger partial charge < -0.3 is 13.8 Å². The van der Waals surface area contributed by atoms with Gasteiger partial charge in [0.25, 0.3) is 5.91 Å². The highest BCUT2D eigenvalue weighted by atomic mass is 16.5. The third-order valence-electron chi connectivity index (χ3n) is 3.70. The van der Waals surface area contributed by atoms with Crippen LogP contribution in [0.5, 0.6) is 0 Å². The largest absolute Gasteiger partial charge is 0.459 e. The first-order chi connectivity index (χ1) is 9.66. The van der Waals surface area contributed by atoms with Crippen molar-refractivity contribution in [3.8, 4) is 0 Å². The number of carbonyl (C=O) groups is 1. The van der Waals surface area contributed by atoms with Gasteiger partial charge in [0.1, 0.15) is 11.5 Å². The smallest absolute Gasteiger partial charge is 0.290 e. The van der Waals surface area contributed by atoms with Crippen molar-refractivity contribution in [1.82, 2.24) is 10.1 Å². The molecule has 2 aromatic rings. The molecule has 5 heteroatoms. The minimum absolute atomic E-state index is 0.0103.